The molecule has 1 amide bonds. The van der Waals surface area contributed by atoms with E-state index in [0.717, 1.165) is 29.4 Å². The van der Waals surface area contributed by atoms with Gasteiger partial charge in [-0.05, 0) is 44.9 Å². The highest BCUT2D eigenvalue weighted by Crippen LogP contribution is 2.33. The molecule has 0 bridgehead atoms. The van der Waals surface area contributed by atoms with Crippen LogP contribution in [0.5, 0.6) is 5.75 Å². The number of rotatable bonds is 8. The standard InChI is InChI=1S/C15H13Cl2N3O2.C10H12N2O3S.C3H8NO5P/c1-2-7-22-13-9-12(10(16)8-11(13)17)20-15(21)19-6-4-3-5-14(19)18-20;1-7(2)12-10(13)8-5-3-4-6-9(8)11-16(12,14)15;5-3(6)1-4-2-10(7,8)9/h1,8-9H,3-7H2;3-7,11H,1-2H3;4H,1-2H2,(H,5,6)(H2,7,8,9). The van der Waals surface area contributed by atoms with Gasteiger partial charge in [0, 0.05) is 25.1 Å². The number of nitrogens with zero attached hydrogens (tertiary/aromatic N) is 4. The van der Waals surface area contributed by atoms with E-state index in [0.29, 0.717) is 39.3 Å². The average Bonchev–Trinajstić information content (AvgIpc) is 3.32. The van der Waals surface area contributed by atoms with Crippen molar-refractivity contribution in [2.75, 3.05) is 24.2 Å². The summed E-state index contributed by atoms with van der Waals surface area (Å²) in [7, 11) is -7.85. The van der Waals surface area contributed by atoms with Crippen LogP contribution in [0.1, 0.15) is 42.9 Å². The lowest BCUT2D eigenvalue weighted by atomic mass is 10.1. The van der Waals surface area contributed by atoms with E-state index >= 15 is 0 Å². The third-order valence-corrected chi connectivity index (χ3v) is 9.25. The number of hydrogen-bond acceptors (Lipinski definition) is 9. The summed E-state index contributed by atoms with van der Waals surface area (Å²) in [5, 5.41) is 15.1. The molecule has 16 nitrogen and oxygen atoms in total. The van der Waals surface area contributed by atoms with Crippen molar-refractivity contribution in [3.63, 3.8) is 0 Å². The van der Waals surface area contributed by atoms with Crippen molar-refractivity contribution in [3.8, 4) is 23.8 Å². The van der Waals surface area contributed by atoms with E-state index < -0.39 is 48.6 Å². The highest BCUT2D eigenvalue weighted by Gasteiger charge is 2.36. The number of halogens is 2. The van der Waals surface area contributed by atoms with E-state index in [1.807, 2.05) is 0 Å². The van der Waals surface area contributed by atoms with Gasteiger partial charge in [-0.2, -0.15) is 13.1 Å². The van der Waals surface area contributed by atoms with Crippen LogP contribution in [0.3, 0.4) is 0 Å². The van der Waals surface area contributed by atoms with Crippen molar-refractivity contribution in [1.29, 1.82) is 0 Å². The number of ether oxygens (including phenoxy) is 1. The Kier molecular flexibility index (Phi) is 13.2. The van der Waals surface area contributed by atoms with E-state index in [9.17, 15) is 27.4 Å². The summed E-state index contributed by atoms with van der Waals surface area (Å²) >= 11 is 12.3. The average molecular weight is 748 g/mol. The number of aliphatic carboxylic acids is 1. The fourth-order valence-corrected chi connectivity index (χ4v) is 6.81. The second-order valence-corrected chi connectivity index (χ2v) is 14.4. The smallest absolute Gasteiger partial charge is 0.350 e. The van der Waals surface area contributed by atoms with Gasteiger partial charge in [-0.25, -0.2) is 9.10 Å². The van der Waals surface area contributed by atoms with Gasteiger partial charge in [0.15, 0.2) is 0 Å². The SMILES string of the molecule is C#CCOc1cc(-n2nc3n(c2=O)CCCC3)c(Cl)cc1Cl.CC(C)N1C(=O)c2ccccc2NS1(=O)=O.O=C(O)CNCP(=O)(O)O. The van der Waals surface area contributed by atoms with Crippen LogP contribution in [-0.4, -0.2) is 79.3 Å². The Labute approximate surface area is 285 Å². The molecule has 5 N–H and O–H groups in total. The van der Waals surface area contributed by atoms with E-state index in [1.54, 1.807) is 48.7 Å². The number of nitrogens with one attached hydrogen (secondary N) is 2. The first-order valence-corrected chi connectivity index (χ1v) is 18.1. The lowest BCUT2D eigenvalue weighted by molar-refractivity contribution is -0.135. The number of amides is 1. The van der Waals surface area contributed by atoms with Gasteiger partial charge in [-0.3, -0.25) is 28.8 Å². The Hall–Kier alpha value is -3.88. The number of aromatic nitrogens is 3. The Morgan fingerprint density at radius 3 is 2.48 bits per heavy atom. The Bertz CT molecular complexity index is 1920. The minimum absolute atomic E-state index is 0.0788. The van der Waals surface area contributed by atoms with Crippen LogP contribution in [-0.2, 0) is 32.5 Å². The molecular weight excluding hydrogens is 714 g/mol. The molecule has 5 rings (SSSR count). The molecule has 0 atom stereocenters. The van der Waals surface area contributed by atoms with Crippen molar-refractivity contribution in [2.45, 2.75) is 45.7 Å². The van der Waals surface area contributed by atoms with Crippen LogP contribution in [0.2, 0.25) is 10.0 Å². The van der Waals surface area contributed by atoms with E-state index in [4.69, 9.17) is 49.3 Å². The minimum atomic E-state index is -4.10. The number of para-hydroxylation sites is 1. The van der Waals surface area contributed by atoms with Gasteiger partial charge >= 0.3 is 29.5 Å². The number of carboxylic acids is 1. The van der Waals surface area contributed by atoms with Crippen LogP contribution >= 0.6 is 30.8 Å². The number of terminal acetylenes is 1. The molecule has 48 heavy (non-hydrogen) atoms. The fourth-order valence-electron chi connectivity index (χ4n) is 4.46. The number of fused-ring (bicyclic) bond motifs is 2. The quantitative estimate of drug-likeness (QED) is 0.166. The van der Waals surface area contributed by atoms with Gasteiger partial charge in [0.2, 0.25) is 0 Å². The number of anilines is 1. The maximum Gasteiger partial charge on any atom is 0.350 e. The molecule has 0 saturated heterocycles. The highest BCUT2D eigenvalue weighted by atomic mass is 35.5. The third kappa shape index (κ3) is 10.1. The Balaban J connectivity index is 0.000000211. The maximum atomic E-state index is 12.5. The minimum Gasteiger partial charge on any atom is -0.480 e. The summed E-state index contributed by atoms with van der Waals surface area (Å²) < 4.78 is 45.2. The van der Waals surface area contributed by atoms with Crippen molar-refractivity contribution in [1.82, 2.24) is 24.0 Å². The molecule has 0 unspecified atom stereocenters. The molecule has 0 fully saturated rings. The zero-order valence-electron chi connectivity index (χ0n) is 25.7. The Morgan fingerprint density at radius 1 is 1.19 bits per heavy atom. The molecule has 2 aliphatic heterocycles. The van der Waals surface area contributed by atoms with Gasteiger partial charge in [0.1, 0.15) is 18.2 Å². The lowest BCUT2D eigenvalue weighted by Gasteiger charge is -2.31. The molecule has 2 aliphatic rings. The molecule has 260 valence electrons. The van der Waals surface area contributed by atoms with E-state index in [-0.39, 0.29) is 12.3 Å². The fraction of sp³-hybridized carbons (Fsp3) is 0.357. The van der Waals surface area contributed by atoms with Crippen molar-refractivity contribution in [2.24, 2.45) is 0 Å². The second kappa shape index (κ2) is 16.5. The molecule has 2 aromatic carbocycles. The largest absolute Gasteiger partial charge is 0.480 e. The summed E-state index contributed by atoms with van der Waals surface area (Å²) in [6, 6.07) is 9.27. The molecule has 3 heterocycles. The van der Waals surface area contributed by atoms with Gasteiger partial charge in [0.05, 0.1) is 39.8 Å². The number of aryl methyl sites for hydroxylation is 1. The monoisotopic (exact) mass is 746 g/mol. The molecule has 1 aromatic heterocycles. The van der Waals surface area contributed by atoms with Gasteiger partial charge in [0.25, 0.3) is 5.91 Å². The topological polar surface area (TPSA) is 222 Å². The first-order chi connectivity index (χ1) is 22.5. The second-order valence-electron chi connectivity index (χ2n) is 10.4. The predicted molar refractivity (Wildman–Crippen MR) is 178 cm³/mol. The zero-order chi connectivity index (χ0) is 35.8. The first-order valence-electron chi connectivity index (χ1n) is 14.1. The van der Waals surface area contributed by atoms with Crippen LogP contribution in [0.15, 0.2) is 41.2 Å². The molecule has 3 aromatic rings. The molecule has 0 aliphatic carbocycles. The molecule has 20 heteroatoms. The first kappa shape index (κ1) is 38.6. The van der Waals surface area contributed by atoms with E-state index in [2.05, 4.69) is 21.1 Å². The normalized spacial score (nSPS) is 14.6. The number of carboxylic acid groups (broad SMARTS) is 1. The summed E-state index contributed by atoms with van der Waals surface area (Å²) in [5.41, 5.74) is 0.947. The van der Waals surface area contributed by atoms with Crippen molar-refractivity contribution < 1.29 is 42.2 Å². The van der Waals surface area contributed by atoms with Crippen molar-refractivity contribution >= 4 is 58.6 Å². The van der Waals surface area contributed by atoms with Gasteiger partial charge in [-0.1, -0.05) is 41.3 Å². The lowest BCUT2D eigenvalue weighted by Crippen LogP contribution is -2.48. The third-order valence-electron chi connectivity index (χ3n) is 6.43. The summed E-state index contributed by atoms with van der Waals surface area (Å²) in [6.45, 7) is 3.64. The molecule has 0 radical (unpaired) electrons. The maximum absolute atomic E-state index is 12.5. The molecule has 0 saturated carbocycles. The molecular formula is C28H33Cl2N6O10PS. The number of hydrogen-bond donors (Lipinski definition) is 5. The number of benzene rings is 2. The van der Waals surface area contributed by atoms with Gasteiger partial charge < -0.3 is 19.6 Å². The highest BCUT2D eigenvalue weighted by molar-refractivity contribution is 7.91. The Morgan fingerprint density at radius 2 is 1.88 bits per heavy atom. The van der Waals surface area contributed by atoms with Crippen LogP contribution < -0.4 is 20.5 Å². The number of carbonyl (C=O) groups is 2. The van der Waals surface area contributed by atoms with E-state index in [1.165, 1.54) is 10.7 Å². The zero-order valence-corrected chi connectivity index (χ0v) is 28.9. The number of carbonyl (C=O) groups excluding carboxylic acids is 1. The van der Waals surface area contributed by atoms with Crippen LogP contribution in [0.4, 0.5) is 5.69 Å². The van der Waals surface area contributed by atoms with Gasteiger partial charge in [-0.15, -0.1) is 11.5 Å². The summed E-state index contributed by atoms with van der Waals surface area (Å²) in [5.74, 6) is 1.88. The molecule has 0 spiro atoms. The summed E-state index contributed by atoms with van der Waals surface area (Å²) in [6.07, 6.45) is 7.37. The van der Waals surface area contributed by atoms with Crippen LogP contribution in [0, 0.1) is 12.3 Å². The predicted octanol–water partition coefficient (Wildman–Crippen LogP) is 2.69. The van der Waals surface area contributed by atoms with Crippen molar-refractivity contribution in [3.05, 3.63) is 68.3 Å². The summed E-state index contributed by atoms with van der Waals surface area (Å²) in [4.78, 5) is 50.6. The van der Waals surface area contributed by atoms with Crippen LogP contribution in [0.25, 0.3) is 5.69 Å².